The molecule has 0 aliphatic carbocycles. The summed E-state index contributed by atoms with van der Waals surface area (Å²) in [5.74, 6) is 0. The van der Waals surface area contributed by atoms with Gasteiger partial charge in [-0.2, -0.15) is 0 Å². The maximum atomic E-state index is 2.62. The third-order valence-corrected chi connectivity index (χ3v) is 6.20. The first-order valence-corrected chi connectivity index (χ1v) is 10.9. The van der Waals surface area contributed by atoms with Gasteiger partial charge in [0.2, 0.25) is 0 Å². The van der Waals surface area contributed by atoms with Crippen LogP contribution in [-0.4, -0.2) is 42.5 Å². The Morgan fingerprint density at radius 1 is 0.633 bits per heavy atom. The molecule has 5 rings (SSSR count). The maximum Gasteiger partial charge on any atom is 0.0247 e. The van der Waals surface area contributed by atoms with Gasteiger partial charge in [-0.05, 0) is 38.7 Å². The van der Waals surface area contributed by atoms with Crippen molar-refractivity contribution in [3.05, 3.63) is 102 Å². The van der Waals surface area contributed by atoms with Crippen LogP contribution in [0.25, 0.3) is 27.6 Å². The Morgan fingerprint density at radius 3 is 1.87 bits per heavy atom. The molecule has 0 saturated carbocycles. The first kappa shape index (κ1) is 19.0. The van der Waals surface area contributed by atoms with Crippen molar-refractivity contribution in [1.29, 1.82) is 0 Å². The van der Waals surface area contributed by atoms with Crippen LogP contribution in [0.2, 0.25) is 0 Å². The lowest BCUT2D eigenvalue weighted by atomic mass is 9.96. The van der Waals surface area contributed by atoms with Crippen molar-refractivity contribution in [3.8, 4) is 0 Å². The highest BCUT2D eigenvalue weighted by atomic mass is 15.3. The summed E-state index contributed by atoms with van der Waals surface area (Å²) in [5, 5.41) is 5.47. The molecule has 2 nitrogen and oxygen atoms in total. The second kappa shape index (κ2) is 8.83. The third kappa shape index (κ3) is 4.16. The van der Waals surface area contributed by atoms with Crippen LogP contribution >= 0.6 is 0 Å². The molecule has 0 spiro atoms. The van der Waals surface area contributed by atoms with Gasteiger partial charge in [-0.25, -0.2) is 0 Å². The van der Waals surface area contributed by atoms with Gasteiger partial charge in [0.15, 0.2) is 0 Å². The van der Waals surface area contributed by atoms with Crippen LogP contribution in [0.5, 0.6) is 0 Å². The Labute approximate surface area is 179 Å². The van der Waals surface area contributed by atoms with E-state index in [-0.39, 0.29) is 0 Å². The first-order valence-electron chi connectivity index (χ1n) is 10.9. The Balaban J connectivity index is 1.27. The van der Waals surface area contributed by atoms with E-state index in [2.05, 4.69) is 107 Å². The van der Waals surface area contributed by atoms with Crippen molar-refractivity contribution in [2.45, 2.75) is 6.54 Å². The average Bonchev–Trinajstić information content (AvgIpc) is 2.81. The van der Waals surface area contributed by atoms with E-state index in [9.17, 15) is 0 Å². The third-order valence-electron chi connectivity index (χ3n) is 6.20. The standard InChI is InChI=1S/C28H28N2/c1-2-9-23(10-3-1)11-8-16-29-17-19-30(20-18-29)22-28-26-14-6-4-12-24(26)21-25-13-5-7-15-27(25)28/h1-15,21H,16-20,22H2. The first-order chi connectivity index (χ1) is 14.9. The molecular weight excluding hydrogens is 364 g/mol. The van der Waals surface area contributed by atoms with Crippen molar-refractivity contribution in [2.24, 2.45) is 0 Å². The van der Waals surface area contributed by atoms with Crippen LogP contribution in [-0.2, 0) is 6.54 Å². The van der Waals surface area contributed by atoms with Gasteiger partial charge in [0.1, 0.15) is 0 Å². The lowest BCUT2D eigenvalue weighted by molar-refractivity contribution is 0.138. The van der Waals surface area contributed by atoms with Crippen LogP contribution in [0, 0.1) is 0 Å². The zero-order chi connectivity index (χ0) is 20.2. The fraction of sp³-hybridized carbons (Fsp3) is 0.214. The SMILES string of the molecule is C(=Cc1ccccc1)CN1CCN(Cc2c3ccccc3cc3ccccc23)CC1. The van der Waals surface area contributed by atoms with E-state index in [1.54, 1.807) is 0 Å². The fourth-order valence-corrected chi connectivity index (χ4v) is 4.53. The number of rotatable bonds is 5. The Bertz CT molecular complexity index is 1100. The highest BCUT2D eigenvalue weighted by Crippen LogP contribution is 2.29. The van der Waals surface area contributed by atoms with E-state index in [0.717, 1.165) is 39.3 Å². The van der Waals surface area contributed by atoms with Crippen molar-refractivity contribution in [2.75, 3.05) is 32.7 Å². The summed E-state index contributed by atoms with van der Waals surface area (Å²) in [6.07, 6.45) is 4.53. The molecule has 150 valence electrons. The largest absolute Gasteiger partial charge is 0.297 e. The minimum absolute atomic E-state index is 1.02. The smallest absolute Gasteiger partial charge is 0.0247 e. The second-order valence-corrected chi connectivity index (χ2v) is 8.19. The average molecular weight is 393 g/mol. The number of hydrogen-bond acceptors (Lipinski definition) is 2. The predicted octanol–water partition coefficient (Wildman–Crippen LogP) is 5.82. The summed E-state index contributed by atoms with van der Waals surface area (Å²) in [6.45, 7) is 6.55. The molecule has 1 aliphatic heterocycles. The number of fused-ring (bicyclic) bond motifs is 2. The van der Waals surface area contributed by atoms with Crippen molar-refractivity contribution in [3.63, 3.8) is 0 Å². The summed E-state index contributed by atoms with van der Waals surface area (Å²) in [6, 6.07) is 30.5. The van der Waals surface area contributed by atoms with Crippen LogP contribution in [0.1, 0.15) is 11.1 Å². The molecule has 1 heterocycles. The van der Waals surface area contributed by atoms with Crippen LogP contribution < -0.4 is 0 Å². The number of benzene rings is 4. The predicted molar refractivity (Wildman–Crippen MR) is 129 cm³/mol. The van der Waals surface area contributed by atoms with Gasteiger partial charge in [-0.1, -0.05) is 91.0 Å². The van der Waals surface area contributed by atoms with E-state index < -0.39 is 0 Å². The van der Waals surface area contributed by atoms with Crippen molar-refractivity contribution in [1.82, 2.24) is 9.80 Å². The molecule has 2 heteroatoms. The molecule has 0 atom stereocenters. The summed E-state index contributed by atoms with van der Waals surface area (Å²) in [4.78, 5) is 5.17. The molecule has 4 aromatic carbocycles. The van der Waals surface area contributed by atoms with Crippen molar-refractivity contribution < 1.29 is 0 Å². The van der Waals surface area contributed by atoms with E-state index in [0.29, 0.717) is 0 Å². The van der Waals surface area contributed by atoms with Gasteiger partial charge in [0, 0.05) is 39.3 Å². The number of hydrogen-bond donors (Lipinski definition) is 0. The highest BCUT2D eigenvalue weighted by molar-refractivity contribution is 6.02. The molecular formula is C28H28N2. The van der Waals surface area contributed by atoms with E-state index in [4.69, 9.17) is 0 Å². The Kier molecular flexibility index (Phi) is 5.60. The van der Waals surface area contributed by atoms with E-state index in [1.807, 2.05) is 0 Å². The minimum Gasteiger partial charge on any atom is -0.297 e. The van der Waals surface area contributed by atoms with Gasteiger partial charge >= 0.3 is 0 Å². The molecule has 0 unspecified atom stereocenters. The van der Waals surface area contributed by atoms with E-state index >= 15 is 0 Å². The monoisotopic (exact) mass is 392 g/mol. The Morgan fingerprint density at radius 2 is 1.20 bits per heavy atom. The minimum atomic E-state index is 1.02. The molecule has 0 bridgehead atoms. The van der Waals surface area contributed by atoms with Gasteiger partial charge < -0.3 is 0 Å². The highest BCUT2D eigenvalue weighted by Gasteiger charge is 2.18. The molecule has 1 fully saturated rings. The van der Waals surface area contributed by atoms with Gasteiger partial charge in [-0.3, -0.25) is 9.80 Å². The van der Waals surface area contributed by atoms with E-state index in [1.165, 1.54) is 32.7 Å². The summed E-state index contributed by atoms with van der Waals surface area (Å²) in [5.41, 5.74) is 2.75. The molecule has 0 radical (unpaired) electrons. The van der Waals surface area contributed by atoms with Crippen LogP contribution in [0.15, 0.2) is 91.0 Å². The topological polar surface area (TPSA) is 6.48 Å². The lowest BCUT2D eigenvalue weighted by Gasteiger charge is -2.34. The van der Waals surface area contributed by atoms with Crippen LogP contribution in [0.3, 0.4) is 0 Å². The maximum absolute atomic E-state index is 2.62. The normalized spacial score (nSPS) is 16.0. The summed E-state index contributed by atoms with van der Waals surface area (Å²) < 4.78 is 0. The van der Waals surface area contributed by atoms with Gasteiger partial charge in [-0.15, -0.1) is 0 Å². The van der Waals surface area contributed by atoms with Crippen molar-refractivity contribution >= 4 is 27.6 Å². The zero-order valence-electron chi connectivity index (χ0n) is 17.4. The second-order valence-electron chi connectivity index (χ2n) is 8.19. The number of piperazine rings is 1. The molecule has 0 amide bonds. The summed E-state index contributed by atoms with van der Waals surface area (Å²) in [7, 11) is 0. The molecule has 4 aromatic rings. The zero-order valence-corrected chi connectivity index (χ0v) is 17.4. The summed E-state index contributed by atoms with van der Waals surface area (Å²) >= 11 is 0. The molecule has 1 aliphatic rings. The molecule has 1 saturated heterocycles. The molecule has 30 heavy (non-hydrogen) atoms. The number of nitrogens with zero attached hydrogens (tertiary/aromatic N) is 2. The lowest BCUT2D eigenvalue weighted by Crippen LogP contribution is -2.45. The quantitative estimate of drug-likeness (QED) is 0.395. The Hall–Kier alpha value is -2.94. The van der Waals surface area contributed by atoms with Crippen LogP contribution in [0.4, 0.5) is 0 Å². The molecule has 0 aromatic heterocycles. The van der Waals surface area contributed by atoms with Gasteiger partial charge in [0.05, 0.1) is 0 Å². The van der Waals surface area contributed by atoms with Gasteiger partial charge in [0.25, 0.3) is 0 Å². The fourth-order valence-electron chi connectivity index (χ4n) is 4.53. The molecule has 0 N–H and O–H groups in total.